The summed E-state index contributed by atoms with van der Waals surface area (Å²) in [5.41, 5.74) is 0.160. The number of piperidine rings is 1. The summed E-state index contributed by atoms with van der Waals surface area (Å²) in [4.78, 5) is 13.7. The zero-order chi connectivity index (χ0) is 17.4. The summed E-state index contributed by atoms with van der Waals surface area (Å²) in [6.45, 7) is 5.95. The van der Waals surface area contributed by atoms with Gasteiger partial charge in [0.2, 0.25) is 0 Å². The molecule has 0 bridgehead atoms. The van der Waals surface area contributed by atoms with Gasteiger partial charge in [-0.05, 0) is 68.3 Å². The number of ether oxygens (including phenoxy) is 1. The molecule has 2 aliphatic rings. The molecule has 2 unspecified atom stereocenters. The molecule has 0 radical (unpaired) electrons. The number of carbonyl (C=O) groups excluding carboxylic acids is 1. The Bertz CT molecular complexity index is 781. The molecular formula is C20H26N2O2S. The van der Waals surface area contributed by atoms with Crippen LogP contribution in [-0.2, 0) is 0 Å². The molecule has 1 amide bonds. The normalized spacial score (nSPS) is 24.4. The lowest BCUT2D eigenvalue weighted by Crippen LogP contribution is -2.59. The molecule has 1 aromatic heterocycles. The van der Waals surface area contributed by atoms with Crippen LogP contribution >= 0.6 is 11.3 Å². The van der Waals surface area contributed by atoms with Crippen LogP contribution in [-0.4, -0.2) is 30.6 Å². The molecule has 2 fully saturated rings. The standard InChI is InChI=1S/C20H26N2O2S/c1-3-13-7-10-21-20(8-9-20)18(13)22-19(23)17-11-14-5-6-15(24-4-2)12-16(14)25-17/h5-6,11-13,18,21H,3-4,7-10H2,1-2H3,(H,22,23). The van der Waals surface area contributed by atoms with E-state index in [0.717, 1.165) is 40.1 Å². The maximum atomic E-state index is 12.9. The van der Waals surface area contributed by atoms with Crippen LogP contribution in [0.3, 0.4) is 0 Å². The first-order valence-corrected chi connectivity index (χ1v) is 10.2. The largest absolute Gasteiger partial charge is 0.494 e. The summed E-state index contributed by atoms with van der Waals surface area (Å²) >= 11 is 1.55. The first-order chi connectivity index (χ1) is 12.1. The van der Waals surface area contributed by atoms with Crippen molar-refractivity contribution in [2.75, 3.05) is 13.2 Å². The third-order valence-electron chi connectivity index (χ3n) is 5.68. The molecule has 2 atom stereocenters. The van der Waals surface area contributed by atoms with Gasteiger partial charge in [-0.2, -0.15) is 0 Å². The lowest BCUT2D eigenvalue weighted by atomic mass is 9.83. The van der Waals surface area contributed by atoms with Gasteiger partial charge in [0.1, 0.15) is 5.75 Å². The molecule has 1 spiro atoms. The molecule has 25 heavy (non-hydrogen) atoms. The summed E-state index contributed by atoms with van der Waals surface area (Å²) in [7, 11) is 0. The minimum atomic E-state index is 0.0672. The lowest BCUT2D eigenvalue weighted by Gasteiger charge is -2.39. The van der Waals surface area contributed by atoms with Crippen molar-refractivity contribution in [1.29, 1.82) is 0 Å². The Morgan fingerprint density at radius 2 is 2.20 bits per heavy atom. The van der Waals surface area contributed by atoms with Crippen molar-refractivity contribution in [3.8, 4) is 5.75 Å². The average molecular weight is 359 g/mol. The van der Waals surface area contributed by atoms with E-state index in [0.29, 0.717) is 12.5 Å². The number of fused-ring (bicyclic) bond motifs is 1. The van der Waals surface area contributed by atoms with Gasteiger partial charge in [-0.3, -0.25) is 4.79 Å². The molecule has 4 nitrogen and oxygen atoms in total. The van der Waals surface area contributed by atoms with Crippen LogP contribution in [0.1, 0.15) is 49.2 Å². The first-order valence-electron chi connectivity index (χ1n) is 9.37. The third kappa shape index (κ3) is 3.15. The van der Waals surface area contributed by atoms with Crippen molar-refractivity contribution in [3.05, 3.63) is 29.1 Å². The highest BCUT2D eigenvalue weighted by molar-refractivity contribution is 7.20. The lowest BCUT2D eigenvalue weighted by molar-refractivity contribution is 0.0879. The van der Waals surface area contributed by atoms with E-state index in [1.807, 2.05) is 31.2 Å². The van der Waals surface area contributed by atoms with Crippen LogP contribution in [0.25, 0.3) is 10.1 Å². The van der Waals surface area contributed by atoms with Gasteiger partial charge in [0.05, 0.1) is 17.5 Å². The van der Waals surface area contributed by atoms with Crippen molar-refractivity contribution in [1.82, 2.24) is 10.6 Å². The molecule has 134 valence electrons. The van der Waals surface area contributed by atoms with Crippen LogP contribution < -0.4 is 15.4 Å². The molecule has 5 heteroatoms. The predicted octanol–water partition coefficient (Wildman–Crippen LogP) is 3.95. The zero-order valence-electron chi connectivity index (χ0n) is 14.9. The Balaban J connectivity index is 1.55. The van der Waals surface area contributed by atoms with E-state index in [-0.39, 0.29) is 17.5 Å². The number of hydrogen-bond acceptors (Lipinski definition) is 4. The van der Waals surface area contributed by atoms with Gasteiger partial charge >= 0.3 is 0 Å². The first kappa shape index (κ1) is 16.9. The van der Waals surface area contributed by atoms with E-state index < -0.39 is 0 Å². The highest BCUT2D eigenvalue weighted by Crippen LogP contribution is 2.45. The topological polar surface area (TPSA) is 50.4 Å². The van der Waals surface area contributed by atoms with Crippen molar-refractivity contribution >= 4 is 27.3 Å². The average Bonchev–Trinajstić information content (AvgIpc) is 3.25. The van der Waals surface area contributed by atoms with Gasteiger partial charge in [-0.1, -0.05) is 13.3 Å². The van der Waals surface area contributed by atoms with Gasteiger partial charge < -0.3 is 15.4 Å². The second kappa shape index (κ2) is 6.61. The Labute approximate surface area is 152 Å². The highest BCUT2D eigenvalue weighted by atomic mass is 32.1. The zero-order valence-corrected chi connectivity index (χ0v) is 15.7. The summed E-state index contributed by atoms with van der Waals surface area (Å²) in [6, 6.07) is 8.29. The summed E-state index contributed by atoms with van der Waals surface area (Å²) < 4.78 is 6.67. The van der Waals surface area contributed by atoms with Gasteiger partial charge in [-0.15, -0.1) is 11.3 Å². The molecular weight excluding hydrogens is 332 g/mol. The number of carbonyl (C=O) groups is 1. The van der Waals surface area contributed by atoms with Crippen LogP contribution in [0.4, 0.5) is 0 Å². The van der Waals surface area contributed by atoms with E-state index in [1.54, 1.807) is 11.3 Å². The molecule has 2 aromatic rings. The second-order valence-electron chi connectivity index (χ2n) is 7.23. The SMILES string of the molecule is CCOc1ccc2cc(C(=O)NC3C(CC)CCNC34CC4)sc2c1. The van der Waals surface area contributed by atoms with Crippen LogP contribution in [0, 0.1) is 5.92 Å². The van der Waals surface area contributed by atoms with Gasteiger partial charge in [0.25, 0.3) is 5.91 Å². The molecule has 1 aliphatic heterocycles. The molecule has 2 heterocycles. The number of thiophene rings is 1. The van der Waals surface area contributed by atoms with Gasteiger partial charge in [0, 0.05) is 10.2 Å². The number of amides is 1. The minimum absolute atomic E-state index is 0.0672. The van der Waals surface area contributed by atoms with Gasteiger partial charge in [-0.25, -0.2) is 0 Å². The third-order valence-corrected chi connectivity index (χ3v) is 6.78. The maximum absolute atomic E-state index is 12.9. The quantitative estimate of drug-likeness (QED) is 0.851. The predicted molar refractivity (Wildman–Crippen MR) is 103 cm³/mol. The van der Waals surface area contributed by atoms with Crippen molar-refractivity contribution in [2.24, 2.45) is 5.92 Å². The monoisotopic (exact) mass is 358 g/mol. The highest BCUT2D eigenvalue weighted by Gasteiger charge is 2.53. The van der Waals surface area contributed by atoms with E-state index in [9.17, 15) is 4.79 Å². The van der Waals surface area contributed by atoms with Gasteiger partial charge in [0.15, 0.2) is 0 Å². The molecule has 1 aliphatic carbocycles. The number of hydrogen-bond donors (Lipinski definition) is 2. The molecule has 1 saturated carbocycles. The minimum Gasteiger partial charge on any atom is -0.494 e. The number of benzene rings is 1. The molecule has 1 aromatic carbocycles. The van der Waals surface area contributed by atoms with E-state index in [2.05, 4.69) is 17.6 Å². The van der Waals surface area contributed by atoms with Crippen molar-refractivity contribution in [2.45, 2.75) is 51.1 Å². The van der Waals surface area contributed by atoms with E-state index in [1.165, 1.54) is 12.8 Å². The fourth-order valence-corrected chi connectivity index (χ4v) is 5.14. The smallest absolute Gasteiger partial charge is 0.261 e. The molecule has 4 rings (SSSR count). The number of nitrogens with one attached hydrogen (secondary N) is 2. The van der Waals surface area contributed by atoms with Crippen molar-refractivity contribution < 1.29 is 9.53 Å². The number of rotatable bonds is 5. The Morgan fingerprint density at radius 1 is 1.36 bits per heavy atom. The van der Waals surface area contributed by atoms with Crippen LogP contribution in [0.5, 0.6) is 5.75 Å². The summed E-state index contributed by atoms with van der Waals surface area (Å²) in [5.74, 6) is 1.51. The summed E-state index contributed by atoms with van der Waals surface area (Å²) in [5, 5.41) is 8.13. The van der Waals surface area contributed by atoms with E-state index in [4.69, 9.17) is 4.74 Å². The Kier molecular flexibility index (Phi) is 4.46. The molecule has 2 N–H and O–H groups in total. The fourth-order valence-electron chi connectivity index (χ4n) is 4.14. The Hall–Kier alpha value is -1.59. The van der Waals surface area contributed by atoms with Crippen LogP contribution in [0.2, 0.25) is 0 Å². The maximum Gasteiger partial charge on any atom is 0.261 e. The Morgan fingerprint density at radius 3 is 2.92 bits per heavy atom. The van der Waals surface area contributed by atoms with Crippen molar-refractivity contribution in [3.63, 3.8) is 0 Å². The second-order valence-corrected chi connectivity index (χ2v) is 8.32. The van der Waals surface area contributed by atoms with E-state index >= 15 is 0 Å². The molecule has 1 saturated heterocycles. The summed E-state index contributed by atoms with van der Waals surface area (Å²) in [6.07, 6.45) is 4.63. The fraction of sp³-hybridized carbons (Fsp3) is 0.550. The van der Waals surface area contributed by atoms with Crippen LogP contribution in [0.15, 0.2) is 24.3 Å².